The Balaban J connectivity index is 2.06. The summed E-state index contributed by atoms with van der Waals surface area (Å²) in [6, 6.07) is 6.80. The minimum atomic E-state index is -3.21. The number of rotatable bonds is 7. The Morgan fingerprint density at radius 1 is 1.22 bits per heavy atom. The third kappa shape index (κ3) is 4.33. The van der Waals surface area contributed by atoms with Gasteiger partial charge in [-0.2, -0.15) is 0 Å². The Bertz CT molecular complexity index is 839. The van der Waals surface area contributed by atoms with Crippen LogP contribution in [0.3, 0.4) is 0 Å². The minimum Gasteiger partial charge on any atom is -0.493 e. The van der Waals surface area contributed by atoms with Gasteiger partial charge in [-0.25, -0.2) is 17.5 Å². The quantitative estimate of drug-likeness (QED) is 0.570. The normalized spacial score (nSPS) is 12.0. The largest absolute Gasteiger partial charge is 0.493 e. The molecule has 0 unspecified atom stereocenters. The summed E-state index contributed by atoms with van der Waals surface area (Å²) in [5.41, 5.74) is 1.02. The Morgan fingerprint density at radius 2 is 1.96 bits per heavy atom. The second-order valence-electron chi connectivity index (χ2n) is 5.40. The van der Waals surface area contributed by atoms with Crippen LogP contribution in [0.1, 0.15) is 18.9 Å². The number of fused-ring (bicyclic) bond motifs is 1. The van der Waals surface area contributed by atoms with E-state index in [-0.39, 0.29) is 18.0 Å². The first-order valence-corrected chi connectivity index (χ1v) is 9.04. The van der Waals surface area contributed by atoms with Crippen LogP contribution in [-0.2, 0) is 16.4 Å². The molecule has 0 aliphatic rings. The second kappa shape index (κ2) is 7.14. The molecule has 1 aromatic heterocycles. The van der Waals surface area contributed by atoms with E-state index in [4.69, 9.17) is 9.15 Å². The van der Waals surface area contributed by atoms with E-state index in [0.29, 0.717) is 17.8 Å². The summed E-state index contributed by atoms with van der Waals surface area (Å²) in [7, 11) is -0.195. The second-order valence-corrected chi connectivity index (χ2v) is 7.70. The van der Waals surface area contributed by atoms with Gasteiger partial charge in [0.05, 0.1) is 12.4 Å². The van der Waals surface area contributed by atoms with Crippen LogP contribution in [0.2, 0.25) is 0 Å². The number of sulfonamides is 1. The highest BCUT2D eigenvalue weighted by Gasteiger charge is 2.13. The van der Waals surface area contributed by atoms with E-state index in [1.165, 1.54) is 24.5 Å². The van der Waals surface area contributed by atoms with Gasteiger partial charge in [0.15, 0.2) is 0 Å². The summed E-state index contributed by atoms with van der Waals surface area (Å²) in [5.74, 6) is 0.582. The zero-order valence-corrected chi connectivity index (χ0v) is 14.4. The molecule has 0 radical (unpaired) electrons. The standard InChI is InChI=1S/C16H21NO5S/c1-4-12-10-16(18)22-15-11-13(6-7-14(12)15)21-8-5-9-23(19,20)17(2)3/h6-7,10-11H,4-5,8-9H2,1-3H3. The third-order valence-corrected chi connectivity index (χ3v) is 5.47. The fraction of sp³-hybridized carbons (Fsp3) is 0.438. The van der Waals surface area contributed by atoms with Crippen molar-refractivity contribution in [3.05, 3.63) is 40.2 Å². The maximum absolute atomic E-state index is 11.6. The Kier molecular flexibility index (Phi) is 5.43. The van der Waals surface area contributed by atoms with Crippen molar-refractivity contribution in [2.24, 2.45) is 0 Å². The Labute approximate surface area is 135 Å². The van der Waals surface area contributed by atoms with Crippen LogP contribution in [0.4, 0.5) is 0 Å². The minimum absolute atomic E-state index is 0.0304. The van der Waals surface area contributed by atoms with Gasteiger partial charge >= 0.3 is 5.63 Å². The van der Waals surface area contributed by atoms with Crippen LogP contribution < -0.4 is 10.4 Å². The molecule has 23 heavy (non-hydrogen) atoms. The highest BCUT2D eigenvalue weighted by Crippen LogP contribution is 2.23. The molecule has 0 bridgehead atoms. The fourth-order valence-corrected chi connectivity index (χ4v) is 3.05. The molecule has 2 aromatic rings. The van der Waals surface area contributed by atoms with Crippen LogP contribution in [0, 0.1) is 0 Å². The summed E-state index contributed by atoms with van der Waals surface area (Å²) < 4.78 is 35.2. The van der Waals surface area contributed by atoms with Gasteiger partial charge in [-0.3, -0.25) is 0 Å². The lowest BCUT2D eigenvalue weighted by Gasteiger charge is -2.11. The average molecular weight is 339 g/mol. The first-order chi connectivity index (χ1) is 10.8. The van der Waals surface area contributed by atoms with Gasteiger partial charge in [0.2, 0.25) is 10.0 Å². The highest BCUT2D eigenvalue weighted by molar-refractivity contribution is 7.89. The maximum atomic E-state index is 11.6. The molecular formula is C16H21NO5S. The van der Waals surface area contributed by atoms with Crippen molar-refractivity contribution in [2.75, 3.05) is 26.5 Å². The molecule has 0 aliphatic heterocycles. The number of nitrogens with zero attached hydrogens (tertiary/aromatic N) is 1. The highest BCUT2D eigenvalue weighted by atomic mass is 32.2. The summed E-state index contributed by atoms with van der Waals surface area (Å²) in [6.45, 7) is 2.25. The molecule has 0 atom stereocenters. The maximum Gasteiger partial charge on any atom is 0.336 e. The van der Waals surface area contributed by atoms with E-state index in [1.807, 2.05) is 13.0 Å². The summed E-state index contributed by atoms with van der Waals surface area (Å²) in [4.78, 5) is 11.5. The molecule has 0 amide bonds. The molecule has 0 fully saturated rings. The van der Waals surface area contributed by atoms with Crippen molar-refractivity contribution in [3.63, 3.8) is 0 Å². The SMILES string of the molecule is CCc1cc(=O)oc2cc(OCCCS(=O)(=O)N(C)C)ccc12. The molecule has 0 N–H and O–H groups in total. The van der Waals surface area contributed by atoms with E-state index >= 15 is 0 Å². The monoisotopic (exact) mass is 339 g/mol. The summed E-state index contributed by atoms with van der Waals surface area (Å²) >= 11 is 0. The van der Waals surface area contributed by atoms with Crippen molar-refractivity contribution < 1.29 is 17.6 Å². The molecule has 2 rings (SSSR count). The van der Waals surface area contributed by atoms with E-state index in [9.17, 15) is 13.2 Å². The lowest BCUT2D eigenvalue weighted by Crippen LogP contribution is -2.25. The number of benzene rings is 1. The Morgan fingerprint density at radius 3 is 2.61 bits per heavy atom. The van der Waals surface area contributed by atoms with Gasteiger partial charge in [0.1, 0.15) is 11.3 Å². The fourth-order valence-electron chi connectivity index (χ4n) is 2.21. The molecule has 0 spiro atoms. The zero-order chi connectivity index (χ0) is 17.0. The lowest BCUT2D eigenvalue weighted by molar-refractivity contribution is 0.316. The predicted molar refractivity (Wildman–Crippen MR) is 89.4 cm³/mol. The van der Waals surface area contributed by atoms with E-state index in [2.05, 4.69) is 0 Å². The van der Waals surface area contributed by atoms with Gasteiger partial charge in [0.25, 0.3) is 0 Å². The van der Waals surface area contributed by atoms with Gasteiger partial charge in [-0.05, 0) is 30.5 Å². The van der Waals surface area contributed by atoms with E-state index in [1.54, 1.807) is 12.1 Å². The first-order valence-electron chi connectivity index (χ1n) is 7.43. The van der Waals surface area contributed by atoms with Crippen molar-refractivity contribution in [1.29, 1.82) is 0 Å². The van der Waals surface area contributed by atoms with Crippen LogP contribution in [0.25, 0.3) is 11.0 Å². The van der Waals surface area contributed by atoms with Gasteiger partial charge in [0, 0.05) is 31.6 Å². The molecule has 0 saturated heterocycles. The zero-order valence-electron chi connectivity index (χ0n) is 13.5. The van der Waals surface area contributed by atoms with Crippen molar-refractivity contribution in [3.8, 4) is 5.75 Å². The van der Waals surface area contributed by atoms with Gasteiger partial charge in [-0.15, -0.1) is 0 Å². The average Bonchev–Trinajstić information content (AvgIpc) is 2.50. The number of ether oxygens (including phenoxy) is 1. The van der Waals surface area contributed by atoms with Crippen LogP contribution in [-0.4, -0.2) is 39.2 Å². The number of aryl methyl sites for hydroxylation is 1. The van der Waals surface area contributed by atoms with E-state index in [0.717, 1.165) is 17.4 Å². The molecule has 6 nitrogen and oxygen atoms in total. The molecular weight excluding hydrogens is 318 g/mol. The van der Waals surface area contributed by atoms with Crippen molar-refractivity contribution >= 4 is 21.0 Å². The van der Waals surface area contributed by atoms with Crippen molar-refractivity contribution in [2.45, 2.75) is 19.8 Å². The molecule has 126 valence electrons. The smallest absolute Gasteiger partial charge is 0.336 e. The molecule has 0 aliphatic carbocycles. The van der Waals surface area contributed by atoms with Crippen LogP contribution >= 0.6 is 0 Å². The number of hydrogen-bond acceptors (Lipinski definition) is 5. The lowest BCUT2D eigenvalue weighted by atomic mass is 10.1. The predicted octanol–water partition coefficient (Wildman–Crippen LogP) is 2.02. The first kappa shape index (κ1) is 17.5. The topological polar surface area (TPSA) is 76.8 Å². The van der Waals surface area contributed by atoms with Crippen molar-refractivity contribution in [1.82, 2.24) is 4.31 Å². The number of hydrogen-bond donors (Lipinski definition) is 0. The molecule has 1 heterocycles. The van der Waals surface area contributed by atoms with Gasteiger partial charge in [-0.1, -0.05) is 6.92 Å². The van der Waals surface area contributed by atoms with Crippen LogP contribution in [0.5, 0.6) is 5.75 Å². The molecule has 0 saturated carbocycles. The summed E-state index contributed by atoms with van der Waals surface area (Å²) in [6.07, 6.45) is 1.13. The van der Waals surface area contributed by atoms with Gasteiger partial charge < -0.3 is 9.15 Å². The van der Waals surface area contributed by atoms with Crippen LogP contribution in [0.15, 0.2) is 33.5 Å². The summed E-state index contributed by atoms with van der Waals surface area (Å²) in [5, 5.41) is 0.884. The Hall–Kier alpha value is -1.86. The molecule has 7 heteroatoms. The molecule has 1 aromatic carbocycles. The van der Waals surface area contributed by atoms with E-state index < -0.39 is 10.0 Å². The third-order valence-electron chi connectivity index (χ3n) is 3.55.